The van der Waals surface area contributed by atoms with Crippen molar-refractivity contribution < 1.29 is 13.9 Å². The molecule has 2 aromatic carbocycles. The van der Waals surface area contributed by atoms with Gasteiger partial charge in [0.05, 0.1) is 19.6 Å². The van der Waals surface area contributed by atoms with E-state index in [0.29, 0.717) is 5.56 Å². The van der Waals surface area contributed by atoms with E-state index >= 15 is 0 Å². The van der Waals surface area contributed by atoms with Gasteiger partial charge in [-0.1, -0.05) is 29.8 Å². The highest BCUT2D eigenvalue weighted by Gasteiger charge is 2.13. The maximum atomic E-state index is 13.7. The minimum absolute atomic E-state index is 0.0921. The summed E-state index contributed by atoms with van der Waals surface area (Å²) in [6, 6.07) is 10.6. The number of amides is 1. The number of carbonyl (C=O) groups excluding carboxylic acids is 1. The van der Waals surface area contributed by atoms with Crippen LogP contribution in [0.1, 0.15) is 35.2 Å². The van der Waals surface area contributed by atoms with Crippen molar-refractivity contribution in [1.29, 1.82) is 0 Å². The van der Waals surface area contributed by atoms with E-state index in [1.54, 1.807) is 6.07 Å². The van der Waals surface area contributed by atoms with E-state index < -0.39 is 5.82 Å². The number of halogens is 1. The van der Waals surface area contributed by atoms with Gasteiger partial charge in [-0.2, -0.15) is 0 Å². The van der Waals surface area contributed by atoms with E-state index in [2.05, 4.69) is 11.4 Å². The Balaban J connectivity index is 2.04. The van der Waals surface area contributed by atoms with Crippen LogP contribution in [-0.2, 0) is 11.2 Å². The molecular weight excluding hydrogens is 293 g/mol. The molecule has 0 spiro atoms. The highest BCUT2D eigenvalue weighted by molar-refractivity contribution is 5.79. The first kappa shape index (κ1) is 17.0. The molecule has 0 aliphatic carbocycles. The SMILES string of the molecule is COc1ccc(CC(=O)NC(C)c2cc(C)ccc2C)cc1F. The van der Waals surface area contributed by atoms with Gasteiger partial charge in [0.15, 0.2) is 11.6 Å². The zero-order chi connectivity index (χ0) is 17.0. The maximum absolute atomic E-state index is 13.7. The normalized spacial score (nSPS) is 11.9. The van der Waals surface area contributed by atoms with Crippen LogP contribution in [0.25, 0.3) is 0 Å². The van der Waals surface area contributed by atoms with E-state index in [-0.39, 0.29) is 24.1 Å². The Morgan fingerprint density at radius 1 is 1.22 bits per heavy atom. The van der Waals surface area contributed by atoms with Crippen LogP contribution in [0.3, 0.4) is 0 Å². The Morgan fingerprint density at radius 3 is 2.61 bits per heavy atom. The number of carbonyl (C=O) groups is 1. The molecule has 4 heteroatoms. The Hall–Kier alpha value is -2.36. The van der Waals surface area contributed by atoms with Gasteiger partial charge in [0, 0.05) is 0 Å². The second-order valence-corrected chi connectivity index (χ2v) is 5.79. The van der Waals surface area contributed by atoms with Crippen LogP contribution in [-0.4, -0.2) is 13.0 Å². The molecule has 1 amide bonds. The second kappa shape index (κ2) is 7.27. The highest BCUT2D eigenvalue weighted by Crippen LogP contribution is 2.20. The van der Waals surface area contributed by atoms with Gasteiger partial charge in [0.1, 0.15) is 0 Å². The molecule has 1 unspecified atom stereocenters. The van der Waals surface area contributed by atoms with Gasteiger partial charge < -0.3 is 10.1 Å². The van der Waals surface area contributed by atoms with Gasteiger partial charge in [0.2, 0.25) is 5.91 Å². The van der Waals surface area contributed by atoms with Crippen molar-refractivity contribution in [3.05, 3.63) is 64.5 Å². The molecule has 3 nitrogen and oxygen atoms in total. The molecule has 0 saturated heterocycles. The minimum atomic E-state index is -0.458. The number of rotatable bonds is 5. The first-order valence-corrected chi connectivity index (χ1v) is 7.59. The number of hydrogen-bond donors (Lipinski definition) is 1. The number of methoxy groups -OCH3 is 1. The molecule has 0 bridgehead atoms. The monoisotopic (exact) mass is 315 g/mol. The summed E-state index contributed by atoms with van der Waals surface area (Å²) in [5.41, 5.74) is 4.01. The van der Waals surface area contributed by atoms with E-state index in [4.69, 9.17) is 4.74 Å². The number of aryl methyl sites for hydroxylation is 2. The third kappa shape index (κ3) is 4.31. The number of ether oxygens (including phenoxy) is 1. The molecule has 1 atom stereocenters. The van der Waals surface area contributed by atoms with E-state index in [0.717, 1.165) is 16.7 Å². The van der Waals surface area contributed by atoms with Crippen LogP contribution in [0.15, 0.2) is 36.4 Å². The van der Waals surface area contributed by atoms with Gasteiger partial charge in [-0.15, -0.1) is 0 Å². The molecule has 0 saturated carbocycles. The summed E-state index contributed by atoms with van der Waals surface area (Å²) in [5, 5.41) is 2.97. The van der Waals surface area contributed by atoms with Crippen molar-refractivity contribution in [2.45, 2.75) is 33.2 Å². The predicted molar refractivity (Wildman–Crippen MR) is 89.1 cm³/mol. The van der Waals surface area contributed by atoms with Crippen molar-refractivity contribution in [2.75, 3.05) is 7.11 Å². The van der Waals surface area contributed by atoms with Crippen LogP contribution >= 0.6 is 0 Å². The Kier molecular flexibility index (Phi) is 5.37. The average Bonchev–Trinajstić information content (AvgIpc) is 2.49. The molecule has 0 heterocycles. The summed E-state index contributed by atoms with van der Waals surface area (Å²) in [6.45, 7) is 6.00. The van der Waals surface area contributed by atoms with Crippen LogP contribution < -0.4 is 10.1 Å². The van der Waals surface area contributed by atoms with Crippen LogP contribution in [0.2, 0.25) is 0 Å². The quantitative estimate of drug-likeness (QED) is 0.909. The second-order valence-electron chi connectivity index (χ2n) is 5.79. The molecule has 122 valence electrons. The summed E-state index contributed by atoms with van der Waals surface area (Å²) in [6.07, 6.45) is 0.135. The fourth-order valence-corrected chi connectivity index (χ4v) is 2.60. The van der Waals surface area contributed by atoms with Crippen LogP contribution in [0, 0.1) is 19.7 Å². The van der Waals surface area contributed by atoms with Crippen molar-refractivity contribution >= 4 is 5.91 Å². The number of nitrogens with one attached hydrogen (secondary N) is 1. The van der Waals surface area contributed by atoms with Gasteiger partial charge in [0.25, 0.3) is 0 Å². The Morgan fingerprint density at radius 2 is 1.96 bits per heavy atom. The highest BCUT2D eigenvalue weighted by atomic mass is 19.1. The average molecular weight is 315 g/mol. The third-order valence-electron chi connectivity index (χ3n) is 3.86. The molecule has 0 aliphatic heterocycles. The Bertz CT molecular complexity index is 713. The lowest BCUT2D eigenvalue weighted by atomic mass is 9.99. The van der Waals surface area contributed by atoms with E-state index in [1.807, 2.05) is 32.9 Å². The lowest BCUT2D eigenvalue weighted by molar-refractivity contribution is -0.121. The molecule has 2 rings (SSSR count). The first-order chi connectivity index (χ1) is 10.9. The fraction of sp³-hybridized carbons (Fsp3) is 0.316. The molecule has 0 fully saturated rings. The summed E-state index contributed by atoms with van der Waals surface area (Å²) in [4.78, 5) is 12.2. The lowest BCUT2D eigenvalue weighted by Crippen LogP contribution is -2.28. The fourth-order valence-electron chi connectivity index (χ4n) is 2.60. The molecule has 2 aromatic rings. The van der Waals surface area contributed by atoms with Gasteiger partial charge in [-0.05, 0) is 49.6 Å². The smallest absolute Gasteiger partial charge is 0.224 e. The van der Waals surface area contributed by atoms with Gasteiger partial charge in [-0.3, -0.25) is 4.79 Å². The molecule has 0 radical (unpaired) electrons. The summed E-state index contributed by atoms with van der Waals surface area (Å²) < 4.78 is 18.5. The summed E-state index contributed by atoms with van der Waals surface area (Å²) in [5.74, 6) is -0.415. The first-order valence-electron chi connectivity index (χ1n) is 7.59. The molecular formula is C19H22FNO2. The summed E-state index contributed by atoms with van der Waals surface area (Å²) >= 11 is 0. The predicted octanol–water partition coefficient (Wildman–Crippen LogP) is 3.87. The van der Waals surface area contributed by atoms with E-state index in [1.165, 1.54) is 19.2 Å². The molecule has 0 aliphatic rings. The maximum Gasteiger partial charge on any atom is 0.224 e. The standard InChI is InChI=1S/C19H22FNO2/c1-12-5-6-13(2)16(9-12)14(3)21-19(22)11-15-7-8-18(23-4)17(20)10-15/h5-10,14H,11H2,1-4H3,(H,21,22). The van der Waals surface area contributed by atoms with Crippen molar-refractivity contribution in [2.24, 2.45) is 0 Å². The third-order valence-corrected chi connectivity index (χ3v) is 3.86. The zero-order valence-corrected chi connectivity index (χ0v) is 13.9. The van der Waals surface area contributed by atoms with Gasteiger partial charge >= 0.3 is 0 Å². The van der Waals surface area contributed by atoms with Gasteiger partial charge in [-0.25, -0.2) is 4.39 Å². The Labute approximate surface area is 136 Å². The zero-order valence-electron chi connectivity index (χ0n) is 13.9. The molecule has 0 aromatic heterocycles. The largest absolute Gasteiger partial charge is 0.494 e. The van der Waals surface area contributed by atoms with Crippen molar-refractivity contribution in [3.63, 3.8) is 0 Å². The topological polar surface area (TPSA) is 38.3 Å². The molecule has 1 N–H and O–H groups in total. The lowest BCUT2D eigenvalue weighted by Gasteiger charge is -2.17. The van der Waals surface area contributed by atoms with Crippen molar-refractivity contribution in [1.82, 2.24) is 5.32 Å². The molecule has 23 heavy (non-hydrogen) atoms. The van der Waals surface area contributed by atoms with Crippen LogP contribution in [0.5, 0.6) is 5.75 Å². The number of hydrogen-bond acceptors (Lipinski definition) is 2. The van der Waals surface area contributed by atoms with Crippen molar-refractivity contribution in [3.8, 4) is 5.75 Å². The van der Waals surface area contributed by atoms with E-state index in [9.17, 15) is 9.18 Å². The summed E-state index contributed by atoms with van der Waals surface area (Å²) in [7, 11) is 1.41. The minimum Gasteiger partial charge on any atom is -0.494 e. The number of benzene rings is 2. The van der Waals surface area contributed by atoms with Crippen LogP contribution in [0.4, 0.5) is 4.39 Å².